The maximum atomic E-state index is 13.2. The normalized spacial score (nSPS) is 21.1. The molecule has 4 heterocycles. The van der Waals surface area contributed by atoms with Gasteiger partial charge in [0, 0.05) is 40.1 Å². The first-order valence-electron chi connectivity index (χ1n) is 11.2. The fraction of sp³-hybridized carbons (Fsp3) is 0.320. The van der Waals surface area contributed by atoms with Crippen molar-refractivity contribution >= 4 is 21.8 Å². The molecule has 0 saturated carbocycles. The van der Waals surface area contributed by atoms with Crippen molar-refractivity contribution in [3.8, 4) is 16.9 Å². The van der Waals surface area contributed by atoms with Crippen molar-refractivity contribution in [1.82, 2.24) is 19.5 Å². The summed E-state index contributed by atoms with van der Waals surface area (Å²) in [4.78, 5) is 13.4. The highest BCUT2D eigenvalue weighted by atomic mass is 32.2. The number of alkyl halides is 2. The van der Waals surface area contributed by atoms with Gasteiger partial charge in [-0.25, -0.2) is 15.0 Å². The Bertz CT molecular complexity index is 1480. The highest BCUT2D eigenvalue weighted by molar-refractivity contribution is 7.84. The van der Waals surface area contributed by atoms with Crippen LogP contribution >= 0.6 is 0 Å². The first-order chi connectivity index (χ1) is 16.7. The van der Waals surface area contributed by atoms with Crippen LogP contribution in [0.5, 0.6) is 5.75 Å². The summed E-state index contributed by atoms with van der Waals surface area (Å²) in [6, 6.07) is 10.5. The van der Waals surface area contributed by atoms with Gasteiger partial charge in [-0.05, 0) is 49.6 Å². The van der Waals surface area contributed by atoms with E-state index in [2.05, 4.69) is 9.97 Å². The van der Waals surface area contributed by atoms with Crippen molar-refractivity contribution < 1.29 is 22.8 Å². The Morgan fingerprint density at radius 1 is 1.17 bits per heavy atom. The van der Waals surface area contributed by atoms with Gasteiger partial charge in [0.2, 0.25) is 0 Å². The number of imidazole rings is 1. The Morgan fingerprint density at radius 3 is 2.66 bits per heavy atom. The lowest BCUT2D eigenvalue weighted by Crippen LogP contribution is -2.19. The zero-order chi connectivity index (χ0) is 24.5. The maximum absolute atomic E-state index is 13.2. The van der Waals surface area contributed by atoms with E-state index in [0.717, 1.165) is 27.7 Å². The number of fused-ring (bicyclic) bond motifs is 9. The topological polar surface area (TPSA) is 90.1 Å². The molecular weight excluding hydrogens is 474 g/mol. The number of halogens is 2. The van der Waals surface area contributed by atoms with Crippen LogP contribution in [0.4, 0.5) is 8.78 Å². The summed E-state index contributed by atoms with van der Waals surface area (Å²) in [5, 5.41) is 9.85. The lowest BCUT2D eigenvalue weighted by Gasteiger charge is -2.21. The quantitative estimate of drug-likeness (QED) is 0.444. The standard InChI is InChI=1S/C25H22F2N4O3S/c1-25(2,32)23-28-10-15(11-29-23)13-6-7-16-17(8-13)31-18-9-20(22(31)30-16)35(33)12-14-4-3-5-19(21(14)18)34-24(26)27/h3-8,10-11,18,20,24,32H,9,12H2,1-2H3/t18-,20+,35+/m0/s1. The molecule has 6 rings (SSSR count). The Balaban J connectivity index is 1.51. The molecule has 2 aromatic heterocycles. The predicted molar refractivity (Wildman–Crippen MR) is 126 cm³/mol. The predicted octanol–water partition coefficient (Wildman–Crippen LogP) is 4.62. The Morgan fingerprint density at radius 2 is 1.94 bits per heavy atom. The zero-order valence-corrected chi connectivity index (χ0v) is 19.8. The summed E-state index contributed by atoms with van der Waals surface area (Å²) in [5.74, 6) is 1.41. The first kappa shape index (κ1) is 22.2. The average Bonchev–Trinajstić information content (AvgIpc) is 3.30. The summed E-state index contributed by atoms with van der Waals surface area (Å²) >= 11 is 0. The molecule has 2 aromatic carbocycles. The second-order valence-electron chi connectivity index (χ2n) is 9.37. The number of aromatic nitrogens is 4. The van der Waals surface area contributed by atoms with Crippen LogP contribution in [0.15, 0.2) is 48.8 Å². The Labute approximate surface area is 202 Å². The molecule has 2 aliphatic rings. The molecule has 2 bridgehead atoms. The molecule has 7 nitrogen and oxygen atoms in total. The number of ether oxygens (including phenoxy) is 1. The third kappa shape index (κ3) is 3.63. The van der Waals surface area contributed by atoms with Gasteiger partial charge in [0.15, 0.2) is 5.82 Å². The van der Waals surface area contributed by atoms with Crippen molar-refractivity contribution in [3.05, 3.63) is 71.6 Å². The summed E-state index contributed by atoms with van der Waals surface area (Å²) in [6.45, 7) is 0.292. The van der Waals surface area contributed by atoms with Gasteiger partial charge >= 0.3 is 6.61 Å². The number of hydrogen-bond donors (Lipinski definition) is 1. The van der Waals surface area contributed by atoms with E-state index in [1.807, 2.05) is 28.8 Å². The SMILES string of the molecule is CC(C)(O)c1ncc(-c2ccc3nc4n(c3c2)[C@H]2C[C@H]4[S@](=O)Cc3cccc(OC(F)F)c32)cn1. The van der Waals surface area contributed by atoms with Crippen molar-refractivity contribution in [2.75, 3.05) is 0 Å². The summed E-state index contributed by atoms with van der Waals surface area (Å²) < 4.78 is 46.6. The van der Waals surface area contributed by atoms with E-state index < -0.39 is 23.0 Å². The van der Waals surface area contributed by atoms with Gasteiger partial charge in [0.1, 0.15) is 17.2 Å². The molecular formula is C25H22F2N4O3S. The molecule has 3 atom stereocenters. The molecule has 0 unspecified atom stereocenters. The van der Waals surface area contributed by atoms with E-state index in [0.29, 0.717) is 23.6 Å². The van der Waals surface area contributed by atoms with E-state index in [4.69, 9.17) is 9.72 Å². The second-order valence-corrected chi connectivity index (χ2v) is 11.0. The van der Waals surface area contributed by atoms with E-state index in [-0.39, 0.29) is 22.8 Å². The third-order valence-electron chi connectivity index (χ3n) is 6.61. The molecule has 0 fully saturated rings. The van der Waals surface area contributed by atoms with Gasteiger partial charge in [0.25, 0.3) is 0 Å². The van der Waals surface area contributed by atoms with E-state index in [1.54, 1.807) is 38.4 Å². The average molecular weight is 497 g/mol. The maximum Gasteiger partial charge on any atom is 0.387 e. The van der Waals surface area contributed by atoms with Crippen LogP contribution < -0.4 is 4.74 Å². The van der Waals surface area contributed by atoms with Crippen molar-refractivity contribution in [2.24, 2.45) is 0 Å². The van der Waals surface area contributed by atoms with Crippen LogP contribution in [0.2, 0.25) is 0 Å². The van der Waals surface area contributed by atoms with Crippen LogP contribution in [-0.4, -0.2) is 35.4 Å². The van der Waals surface area contributed by atoms with Gasteiger partial charge < -0.3 is 14.4 Å². The minimum atomic E-state index is -2.95. The fourth-order valence-corrected chi connectivity index (χ4v) is 6.63. The fourth-order valence-electron chi connectivity index (χ4n) is 5.07. The Kier molecular flexibility index (Phi) is 5.01. The van der Waals surface area contributed by atoms with Crippen LogP contribution in [0.1, 0.15) is 54.3 Å². The van der Waals surface area contributed by atoms with Crippen LogP contribution in [0, 0.1) is 0 Å². The van der Waals surface area contributed by atoms with Crippen LogP contribution in [0.25, 0.3) is 22.2 Å². The van der Waals surface area contributed by atoms with Crippen molar-refractivity contribution in [1.29, 1.82) is 0 Å². The highest BCUT2D eigenvalue weighted by Gasteiger charge is 2.43. The van der Waals surface area contributed by atoms with Gasteiger partial charge in [0.05, 0.1) is 22.3 Å². The molecule has 0 aliphatic carbocycles. The van der Waals surface area contributed by atoms with E-state index in [9.17, 15) is 18.1 Å². The summed E-state index contributed by atoms with van der Waals surface area (Å²) in [7, 11) is -1.25. The second kappa shape index (κ2) is 7.89. The molecule has 0 saturated heterocycles. The molecule has 10 heteroatoms. The number of aliphatic hydroxyl groups is 1. The third-order valence-corrected chi connectivity index (χ3v) is 8.24. The van der Waals surface area contributed by atoms with Gasteiger partial charge in [-0.2, -0.15) is 8.78 Å². The molecule has 180 valence electrons. The monoisotopic (exact) mass is 496 g/mol. The number of benzene rings is 2. The molecule has 0 spiro atoms. The molecule has 4 aromatic rings. The van der Waals surface area contributed by atoms with Crippen LogP contribution in [-0.2, 0) is 22.2 Å². The largest absolute Gasteiger partial charge is 0.434 e. The lowest BCUT2D eigenvalue weighted by molar-refractivity contribution is -0.0507. The van der Waals surface area contributed by atoms with Gasteiger partial charge in [-0.15, -0.1) is 0 Å². The van der Waals surface area contributed by atoms with Crippen molar-refractivity contribution in [2.45, 2.75) is 49.5 Å². The smallest absolute Gasteiger partial charge is 0.387 e. The van der Waals surface area contributed by atoms with E-state index >= 15 is 0 Å². The number of hydrogen-bond acceptors (Lipinski definition) is 6. The molecule has 2 aliphatic heterocycles. The summed E-state index contributed by atoms with van der Waals surface area (Å²) in [6.07, 6.45) is 3.82. The zero-order valence-electron chi connectivity index (χ0n) is 19.0. The lowest BCUT2D eigenvalue weighted by atomic mass is 9.98. The number of rotatable bonds is 4. The Hall–Kier alpha value is -3.24. The van der Waals surface area contributed by atoms with Crippen LogP contribution in [0.3, 0.4) is 0 Å². The minimum absolute atomic E-state index is 0.113. The first-order valence-corrected chi connectivity index (χ1v) is 12.6. The molecule has 0 radical (unpaired) electrons. The highest BCUT2D eigenvalue weighted by Crippen LogP contribution is 2.50. The van der Waals surface area contributed by atoms with Crippen molar-refractivity contribution in [3.63, 3.8) is 0 Å². The number of nitrogens with zero attached hydrogens (tertiary/aromatic N) is 4. The summed E-state index contributed by atoms with van der Waals surface area (Å²) in [5.41, 5.74) is 3.41. The molecule has 0 amide bonds. The van der Waals surface area contributed by atoms with Gasteiger partial charge in [-0.1, -0.05) is 18.2 Å². The molecule has 35 heavy (non-hydrogen) atoms. The van der Waals surface area contributed by atoms with Gasteiger partial charge in [-0.3, -0.25) is 4.21 Å². The molecule has 1 N–H and O–H groups in total. The minimum Gasteiger partial charge on any atom is -0.434 e. The van der Waals surface area contributed by atoms with E-state index in [1.165, 1.54) is 0 Å².